The Kier molecular flexibility index (Phi) is 32.2. The van der Waals surface area contributed by atoms with Crippen LogP contribution in [-0.4, -0.2) is 38.5 Å². The summed E-state index contributed by atoms with van der Waals surface area (Å²) in [6.07, 6.45) is 48.0. The van der Waals surface area contributed by atoms with Crippen molar-refractivity contribution in [2.45, 2.75) is 206 Å². The molecule has 0 aromatic rings. The van der Waals surface area contributed by atoms with Crippen LogP contribution >= 0.6 is 0 Å². The van der Waals surface area contributed by atoms with Gasteiger partial charge in [0.15, 0.2) is 0 Å². The fourth-order valence-electron chi connectivity index (χ4n) is 6.13. The van der Waals surface area contributed by atoms with E-state index in [1.165, 1.54) is 180 Å². The average Bonchev–Trinajstić information content (AvgIpc) is 3.47. The van der Waals surface area contributed by atoms with Gasteiger partial charge in [-0.3, -0.25) is 0 Å². The van der Waals surface area contributed by atoms with Gasteiger partial charge in [0.2, 0.25) is 0 Å². The summed E-state index contributed by atoms with van der Waals surface area (Å²) in [5.74, 6) is 0. The van der Waals surface area contributed by atoms with Crippen molar-refractivity contribution in [1.29, 1.82) is 0 Å². The molecular formula is C40H77NO2. The van der Waals surface area contributed by atoms with Crippen LogP contribution in [0.1, 0.15) is 194 Å². The number of rotatable bonds is 34. The first-order valence-electron chi connectivity index (χ1n) is 19.6. The van der Waals surface area contributed by atoms with Gasteiger partial charge in [0.05, 0.1) is 12.2 Å². The molecule has 1 saturated heterocycles. The summed E-state index contributed by atoms with van der Waals surface area (Å²) < 4.78 is 12.4. The third kappa shape index (κ3) is 28.6. The van der Waals surface area contributed by atoms with Crippen LogP contribution in [0.15, 0.2) is 24.3 Å². The molecule has 0 aromatic heterocycles. The van der Waals surface area contributed by atoms with Gasteiger partial charge < -0.3 is 14.8 Å². The van der Waals surface area contributed by atoms with Crippen molar-refractivity contribution >= 4 is 0 Å². The second kappa shape index (κ2) is 34.2. The lowest BCUT2D eigenvalue weighted by Crippen LogP contribution is -2.30. The number of hydrogen-bond acceptors (Lipinski definition) is 3. The van der Waals surface area contributed by atoms with Gasteiger partial charge in [-0.05, 0) is 64.2 Å². The van der Waals surface area contributed by atoms with Crippen LogP contribution in [-0.2, 0) is 9.47 Å². The molecule has 0 aromatic carbocycles. The topological polar surface area (TPSA) is 30.5 Å². The normalized spacial score (nSPS) is 17.3. The van der Waals surface area contributed by atoms with Crippen molar-refractivity contribution in [3.63, 3.8) is 0 Å². The summed E-state index contributed by atoms with van der Waals surface area (Å²) in [6, 6.07) is 0. The highest BCUT2D eigenvalue weighted by atomic mass is 16.5. The van der Waals surface area contributed by atoms with E-state index in [0.29, 0.717) is 0 Å². The van der Waals surface area contributed by atoms with E-state index >= 15 is 0 Å². The van der Waals surface area contributed by atoms with Gasteiger partial charge in [-0.25, -0.2) is 0 Å². The van der Waals surface area contributed by atoms with Crippen molar-refractivity contribution in [2.24, 2.45) is 0 Å². The van der Waals surface area contributed by atoms with Gasteiger partial charge in [-0.15, -0.1) is 0 Å². The molecular weight excluding hydrogens is 526 g/mol. The summed E-state index contributed by atoms with van der Waals surface area (Å²) in [6.45, 7) is 8.26. The van der Waals surface area contributed by atoms with Crippen LogP contribution in [0.5, 0.6) is 0 Å². The highest BCUT2D eigenvalue weighted by Crippen LogP contribution is 2.15. The highest BCUT2D eigenvalue weighted by Gasteiger charge is 2.28. The van der Waals surface area contributed by atoms with Crippen LogP contribution in [0.25, 0.3) is 0 Å². The first kappa shape index (κ1) is 40.4. The molecule has 0 aliphatic carbocycles. The third-order valence-electron chi connectivity index (χ3n) is 9.08. The molecule has 0 saturated carbocycles. The summed E-state index contributed by atoms with van der Waals surface area (Å²) in [7, 11) is 0. The first-order valence-corrected chi connectivity index (χ1v) is 19.6. The van der Waals surface area contributed by atoms with E-state index in [-0.39, 0.29) is 12.2 Å². The van der Waals surface area contributed by atoms with Crippen molar-refractivity contribution in [3.8, 4) is 0 Å². The molecule has 1 fully saturated rings. The molecule has 0 amide bonds. The Morgan fingerprint density at radius 3 is 1.00 bits per heavy atom. The molecule has 1 heterocycles. The minimum absolute atomic E-state index is 0.251. The van der Waals surface area contributed by atoms with Gasteiger partial charge in [0.1, 0.15) is 0 Å². The zero-order valence-corrected chi connectivity index (χ0v) is 29.4. The Morgan fingerprint density at radius 2 is 0.674 bits per heavy atom. The Morgan fingerprint density at radius 1 is 0.395 bits per heavy atom. The zero-order chi connectivity index (χ0) is 30.7. The van der Waals surface area contributed by atoms with Crippen LogP contribution in [0.4, 0.5) is 0 Å². The maximum atomic E-state index is 6.22. The molecule has 1 rings (SSSR count). The molecule has 1 aliphatic heterocycles. The summed E-state index contributed by atoms with van der Waals surface area (Å²) >= 11 is 0. The number of nitrogens with one attached hydrogen (secondary N) is 1. The number of unbranched alkanes of at least 4 members (excludes halogenated alkanes) is 24. The minimum atomic E-state index is 0.251. The van der Waals surface area contributed by atoms with E-state index in [1.807, 2.05) is 0 Å². The second-order valence-corrected chi connectivity index (χ2v) is 13.4. The van der Waals surface area contributed by atoms with E-state index in [0.717, 1.165) is 26.3 Å². The Balaban J connectivity index is 1.81. The summed E-state index contributed by atoms with van der Waals surface area (Å²) in [5.41, 5.74) is 0. The number of hydrogen-bond donors (Lipinski definition) is 1. The molecule has 3 nitrogen and oxygen atoms in total. The van der Waals surface area contributed by atoms with Crippen LogP contribution < -0.4 is 5.32 Å². The Labute approximate surface area is 270 Å². The molecule has 43 heavy (non-hydrogen) atoms. The molecule has 0 radical (unpaired) electrons. The molecule has 1 unspecified atom stereocenters. The summed E-state index contributed by atoms with van der Waals surface area (Å²) in [5, 5.41) is 3.48. The fourth-order valence-corrected chi connectivity index (χ4v) is 6.13. The predicted octanol–water partition coefficient (Wildman–Crippen LogP) is 12.4. The predicted molar refractivity (Wildman–Crippen MR) is 191 cm³/mol. The van der Waals surface area contributed by atoms with Crippen molar-refractivity contribution in [3.05, 3.63) is 24.3 Å². The van der Waals surface area contributed by atoms with E-state index in [2.05, 4.69) is 43.5 Å². The third-order valence-corrected chi connectivity index (χ3v) is 9.08. The average molecular weight is 604 g/mol. The quantitative estimate of drug-likeness (QED) is 0.0586. The van der Waals surface area contributed by atoms with Crippen molar-refractivity contribution < 1.29 is 9.47 Å². The monoisotopic (exact) mass is 604 g/mol. The van der Waals surface area contributed by atoms with Gasteiger partial charge in [0.25, 0.3) is 0 Å². The highest BCUT2D eigenvalue weighted by molar-refractivity contribution is 4.83. The van der Waals surface area contributed by atoms with E-state index in [9.17, 15) is 0 Å². The lowest BCUT2D eigenvalue weighted by molar-refractivity contribution is -0.0481. The van der Waals surface area contributed by atoms with E-state index in [1.54, 1.807) is 0 Å². The van der Waals surface area contributed by atoms with Crippen LogP contribution in [0.3, 0.4) is 0 Å². The summed E-state index contributed by atoms with van der Waals surface area (Å²) in [4.78, 5) is 0. The van der Waals surface area contributed by atoms with Crippen molar-refractivity contribution in [1.82, 2.24) is 5.32 Å². The molecule has 3 heteroatoms. The van der Waals surface area contributed by atoms with Crippen molar-refractivity contribution in [2.75, 3.05) is 26.3 Å². The van der Waals surface area contributed by atoms with Gasteiger partial charge in [-0.2, -0.15) is 0 Å². The molecule has 1 N–H and O–H groups in total. The molecule has 2 atom stereocenters. The lowest BCUT2D eigenvalue weighted by Gasteiger charge is -2.20. The zero-order valence-electron chi connectivity index (χ0n) is 29.4. The van der Waals surface area contributed by atoms with E-state index in [4.69, 9.17) is 9.47 Å². The molecule has 1 aliphatic rings. The van der Waals surface area contributed by atoms with Crippen LogP contribution in [0, 0.1) is 0 Å². The van der Waals surface area contributed by atoms with Gasteiger partial charge in [-0.1, -0.05) is 154 Å². The molecule has 254 valence electrons. The first-order chi connectivity index (χ1) is 21.4. The standard InChI is InChI=1S/C40H77NO2/c1-3-5-7-9-11-13-15-17-19-21-23-25-27-29-31-33-35-42-39-37-41-38-40(39)43-36-34-32-30-28-26-24-22-20-18-16-14-12-10-8-6-4-2/h13-16,39-41H,3-12,17-38H2,1-2H3/b15-13-,16-14-/t39-,40?/m1/s1. The second-order valence-electron chi connectivity index (χ2n) is 13.4. The molecule has 0 spiro atoms. The SMILES string of the molecule is CCCCCC/C=C\CCCCCCCCCCOC1CNC[C@H]1OCCCCCCCCCC/C=C\CCCCCC. The minimum Gasteiger partial charge on any atom is -0.374 e. The Hall–Kier alpha value is -0.640. The number of ether oxygens (including phenoxy) is 2. The fraction of sp³-hybridized carbons (Fsp3) is 0.900. The maximum absolute atomic E-state index is 6.22. The van der Waals surface area contributed by atoms with Gasteiger partial charge >= 0.3 is 0 Å². The van der Waals surface area contributed by atoms with Gasteiger partial charge in [0, 0.05) is 26.3 Å². The van der Waals surface area contributed by atoms with E-state index < -0.39 is 0 Å². The molecule has 0 bridgehead atoms. The maximum Gasteiger partial charge on any atom is 0.0973 e. The number of allylic oxidation sites excluding steroid dienone is 4. The Bertz CT molecular complexity index is 539. The largest absolute Gasteiger partial charge is 0.374 e. The van der Waals surface area contributed by atoms with Crippen LogP contribution in [0.2, 0.25) is 0 Å². The lowest BCUT2D eigenvalue weighted by atomic mass is 10.1. The smallest absolute Gasteiger partial charge is 0.0973 e.